The standard InChI is InChI=1S/C11H22/c1-6-10(7(2)3)11-8(4)9(11)5/h7-11H,6H2,1-5H3. The Labute approximate surface area is 71.4 Å². The number of rotatable bonds is 3. The third kappa shape index (κ3) is 1.60. The fourth-order valence-electron chi connectivity index (χ4n) is 2.67. The summed E-state index contributed by atoms with van der Waals surface area (Å²) < 4.78 is 0. The summed E-state index contributed by atoms with van der Waals surface area (Å²) >= 11 is 0. The lowest BCUT2D eigenvalue weighted by molar-refractivity contribution is 0.309. The predicted molar refractivity (Wildman–Crippen MR) is 50.4 cm³/mol. The van der Waals surface area contributed by atoms with Gasteiger partial charge in [-0.3, -0.25) is 0 Å². The topological polar surface area (TPSA) is 0 Å². The lowest BCUT2D eigenvalue weighted by atomic mass is 9.87. The van der Waals surface area contributed by atoms with E-state index in [9.17, 15) is 0 Å². The van der Waals surface area contributed by atoms with Crippen LogP contribution in [0.25, 0.3) is 0 Å². The Kier molecular flexibility index (Phi) is 2.61. The van der Waals surface area contributed by atoms with Gasteiger partial charge in [0, 0.05) is 0 Å². The van der Waals surface area contributed by atoms with E-state index in [0.29, 0.717) is 0 Å². The smallest absolute Gasteiger partial charge is 0.0327 e. The molecule has 0 nitrogen and oxygen atoms in total. The zero-order valence-electron chi connectivity index (χ0n) is 8.59. The van der Waals surface area contributed by atoms with Crippen LogP contribution in [0.4, 0.5) is 0 Å². The van der Waals surface area contributed by atoms with Gasteiger partial charge in [0.05, 0.1) is 0 Å². The Hall–Kier alpha value is 0. The molecule has 0 saturated heterocycles. The molecule has 0 heterocycles. The highest BCUT2D eigenvalue weighted by atomic mass is 14.5. The normalized spacial score (nSPS) is 39.3. The van der Waals surface area contributed by atoms with Gasteiger partial charge in [0.25, 0.3) is 0 Å². The first-order valence-corrected chi connectivity index (χ1v) is 5.09. The van der Waals surface area contributed by atoms with Crippen LogP contribution in [0.2, 0.25) is 0 Å². The van der Waals surface area contributed by atoms with E-state index in [2.05, 4.69) is 34.6 Å². The largest absolute Gasteiger partial charge is 0.0651 e. The Bertz CT molecular complexity index is 118. The van der Waals surface area contributed by atoms with E-state index in [0.717, 1.165) is 29.6 Å². The SMILES string of the molecule is CCC(C(C)C)C1C(C)C1C. The van der Waals surface area contributed by atoms with Crippen LogP contribution in [-0.2, 0) is 0 Å². The predicted octanol–water partition coefficient (Wildman–Crippen LogP) is 3.57. The maximum atomic E-state index is 2.40. The monoisotopic (exact) mass is 154 g/mol. The first-order chi connectivity index (χ1) is 5.09. The molecule has 0 aromatic heterocycles. The van der Waals surface area contributed by atoms with Gasteiger partial charge < -0.3 is 0 Å². The molecule has 0 N–H and O–H groups in total. The molecule has 3 atom stereocenters. The van der Waals surface area contributed by atoms with Crippen molar-refractivity contribution in [3.63, 3.8) is 0 Å². The molecular formula is C11H22. The lowest BCUT2D eigenvalue weighted by Gasteiger charge is -2.18. The molecule has 3 unspecified atom stereocenters. The minimum atomic E-state index is 0.886. The second-order valence-electron chi connectivity index (χ2n) is 4.61. The second-order valence-corrected chi connectivity index (χ2v) is 4.61. The minimum Gasteiger partial charge on any atom is -0.0651 e. The van der Waals surface area contributed by atoms with E-state index in [-0.39, 0.29) is 0 Å². The Morgan fingerprint density at radius 1 is 1.09 bits per heavy atom. The van der Waals surface area contributed by atoms with Crippen molar-refractivity contribution in [2.24, 2.45) is 29.6 Å². The molecule has 0 aliphatic heterocycles. The van der Waals surface area contributed by atoms with Crippen molar-refractivity contribution in [2.45, 2.75) is 41.0 Å². The van der Waals surface area contributed by atoms with E-state index < -0.39 is 0 Å². The van der Waals surface area contributed by atoms with Crippen molar-refractivity contribution in [3.05, 3.63) is 0 Å². The number of hydrogen-bond acceptors (Lipinski definition) is 0. The maximum Gasteiger partial charge on any atom is -0.0327 e. The zero-order chi connectivity index (χ0) is 8.59. The van der Waals surface area contributed by atoms with Gasteiger partial charge in [-0.05, 0) is 29.6 Å². The fraction of sp³-hybridized carbons (Fsp3) is 1.00. The summed E-state index contributed by atoms with van der Waals surface area (Å²) in [6.45, 7) is 11.9. The van der Waals surface area contributed by atoms with Crippen molar-refractivity contribution < 1.29 is 0 Å². The van der Waals surface area contributed by atoms with Crippen LogP contribution >= 0.6 is 0 Å². The summed E-state index contributed by atoms with van der Waals surface area (Å²) in [5.74, 6) is 4.92. The van der Waals surface area contributed by atoms with Gasteiger partial charge in [-0.25, -0.2) is 0 Å². The summed E-state index contributed by atoms with van der Waals surface area (Å²) in [6.07, 6.45) is 1.37. The van der Waals surface area contributed by atoms with Crippen molar-refractivity contribution >= 4 is 0 Å². The first kappa shape index (κ1) is 9.09. The van der Waals surface area contributed by atoms with Gasteiger partial charge in [-0.2, -0.15) is 0 Å². The second kappa shape index (κ2) is 3.16. The Morgan fingerprint density at radius 2 is 1.55 bits per heavy atom. The number of hydrogen-bond donors (Lipinski definition) is 0. The highest BCUT2D eigenvalue weighted by molar-refractivity contribution is 4.95. The van der Waals surface area contributed by atoms with Crippen molar-refractivity contribution in [3.8, 4) is 0 Å². The van der Waals surface area contributed by atoms with Crippen LogP contribution in [0.5, 0.6) is 0 Å². The molecule has 0 heteroatoms. The van der Waals surface area contributed by atoms with E-state index in [1.807, 2.05) is 0 Å². The third-order valence-electron chi connectivity index (χ3n) is 3.72. The molecule has 66 valence electrons. The first-order valence-electron chi connectivity index (χ1n) is 5.09. The summed E-state index contributed by atoms with van der Waals surface area (Å²) in [7, 11) is 0. The van der Waals surface area contributed by atoms with E-state index in [1.54, 1.807) is 0 Å². The summed E-state index contributed by atoms with van der Waals surface area (Å²) in [4.78, 5) is 0. The molecule has 1 aliphatic carbocycles. The highest BCUT2D eigenvalue weighted by Gasteiger charge is 2.47. The fourth-order valence-corrected chi connectivity index (χ4v) is 2.67. The van der Waals surface area contributed by atoms with Crippen molar-refractivity contribution in [1.29, 1.82) is 0 Å². The summed E-state index contributed by atoms with van der Waals surface area (Å²) in [6, 6.07) is 0. The van der Waals surface area contributed by atoms with Gasteiger partial charge in [-0.15, -0.1) is 0 Å². The van der Waals surface area contributed by atoms with Gasteiger partial charge in [0.1, 0.15) is 0 Å². The lowest BCUT2D eigenvalue weighted by Crippen LogP contribution is -2.11. The molecule has 1 saturated carbocycles. The average molecular weight is 154 g/mol. The van der Waals surface area contributed by atoms with Crippen molar-refractivity contribution in [2.75, 3.05) is 0 Å². The zero-order valence-corrected chi connectivity index (χ0v) is 8.59. The minimum absolute atomic E-state index is 0.886. The molecule has 0 aromatic rings. The molecule has 0 spiro atoms. The van der Waals surface area contributed by atoms with Gasteiger partial charge in [0.15, 0.2) is 0 Å². The van der Waals surface area contributed by atoms with Crippen LogP contribution in [0.15, 0.2) is 0 Å². The molecule has 0 aromatic carbocycles. The van der Waals surface area contributed by atoms with Crippen LogP contribution in [0, 0.1) is 29.6 Å². The van der Waals surface area contributed by atoms with Crippen LogP contribution in [0.3, 0.4) is 0 Å². The molecule has 1 aliphatic rings. The van der Waals surface area contributed by atoms with E-state index >= 15 is 0 Å². The summed E-state index contributed by atoms with van der Waals surface area (Å²) in [5, 5.41) is 0. The molecule has 1 fully saturated rings. The molecule has 0 radical (unpaired) electrons. The van der Waals surface area contributed by atoms with Gasteiger partial charge in [-0.1, -0.05) is 41.0 Å². The van der Waals surface area contributed by atoms with E-state index in [4.69, 9.17) is 0 Å². The molecule has 11 heavy (non-hydrogen) atoms. The Balaban J connectivity index is 2.45. The molecular weight excluding hydrogens is 132 g/mol. The van der Waals surface area contributed by atoms with Crippen molar-refractivity contribution in [1.82, 2.24) is 0 Å². The molecule has 0 amide bonds. The summed E-state index contributed by atoms with van der Waals surface area (Å²) in [5.41, 5.74) is 0. The average Bonchev–Trinajstić information content (AvgIpc) is 2.46. The molecule has 1 rings (SSSR count). The maximum absolute atomic E-state index is 2.40. The molecule has 0 bridgehead atoms. The van der Waals surface area contributed by atoms with Crippen LogP contribution in [-0.4, -0.2) is 0 Å². The van der Waals surface area contributed by atoms with Gasteiger partial charge >= 0.3 is 0 Å². The third-order valence-corrected chi connectivity index (χ3v) is 3.72. The van der Waals surface area contributed by atoms with Crippen LogP contribution in [0.1, 0.15) is 41.0 Å². The Morgan fingerprint density at radius 3 is 1.64 bits per heavy atom. The van der Waals surface area contributed by atoms with Gasteiger partial charge in [0.2, 0.25) is 0 Å². The quantitative estimate of drug-likeness (QED) is 0.583. The van der Waals surface area contributed by atoms with Crippen LogP contribution < -0.4 is 0 Å². The highest BCUT2D eigenvalue weighted by Crippen LogP contribution is 2.53. The van der Waals surface area contributed by atoms with E-state index in [1.165, 1.54) is 6.42 Å².